The van der Waals surface area contributed by atoms with Gasteiger partial charge in [-0.05, 0) is 36.9 Å². The Labute approximate surface area is 120 Å². The topological polar surface area (TPSA) is 17.0 Å². The highest BCUT2D eigenvalue weighted by Gasteiger charge is 2.21. The fraction of sp³-hybridized carbons (Fsp3) is 0.444. The van der Waals surface area contributed by atoms with E-state index in [9.17, 15) is 0 Å². The molecular weight excluding hydrogens is 244 g/mol. The molecule has 0 atom stereocenters. The number of nitrogens with one attached hydrogen (secondary N) is 1. The molecule has 20 heavy (non-hydrogen) atoms. The largest absolute Gasteiger partial charge is 0.347 e. The second-order valence-electron chi connectivity index (χ2n) is 6.17. The standard InChI is InChI=1S/C18H22N2/c1-2-4-18-16(3-1)17(15-7-10-19-11-8-15)13-20(18)12-9-14-5-6-14/h1-4,7,13-14,19H,5-6,8-12H2. The van der Waals surface area contributed by atoms with Crippen molar-refractivity contribution in [2.45, 2.75) is 32.2 Å². The normalized spacial score (nSPS) is 19.3. The van der Waals surface area contributed by atoms with E-state index in [1.165, 1.54) is 47.8 Å². The molecule has 1 N–H and O–H groups in total. The van der Waals surface area contributed by atoms with Crippen molar-refractivity contribution in [2.24, 2.45) is 5.92 Å². The van der Waals surface area contributed by atoms with E-state index in [0.717, 1.165) is 25.4 Å². The van der Waals surface area contributed by atoms with E-state index in [4.69, 9.17) is 0 Å². The highest BCUT2D eigenvalue weighted by molar-refractivity contribution is 5.93. The van der Waals surface area contributed by atoms with Crippen LogP contribution in [0.1, 0.15) is 31.2 Å². The predicted octanol–water partition coefficient (Wildman–Crippen LogP) is 3.82. The van der Waals surface area contributed by atoms with Crippen LogP contribution >= 0.6 is 0 Å². The summed E-state index contributed by atoms with van der Waals surface area (Å²) in [6.07, 6.45) is 10.1. The summed E-state index contributed by atoms with van der Waals surface area (Å²) in [6, 6.07) is 8.88. The molecule has 1 aliphatic heterocycles. The summed E-state index contributed by atoms with van der Waals surface area (Å²) < 4.78 is 2.48. The van der Waals surface area contributed by atoms with Crippen LogP contribution in [-0.2, 0) is 6.54 Å². The molecule has 1 aromatic heterocycles. The predicted molar refractivity (Wildman–Crippen MR) is 84.7 cm³/mol. The minimum atomic E-state index is 0.998. The molecule has 2 heterocycles. The minimum absolute atomic E-state index is 0.998. The number of rotatable bonds is 4. The van der Waals surface area contributed by atoms with Gasteiger partial charge in [-0.3, -0.25) is 0 Å². The molecule has 0 spiro atoms. The molecule has 4 rings (SSSR count). The van der Waals surface area contributed by atoms with Crippen LogP contribution in [0.3, 0.4) is 0 Å². The average Bonchev–Trinajstić information content (AvgIpc) is 3.27. The SMILES string of the molecule is C1=C(c2cn(CCC3CC3)c3ccccc23)CCNC1. The number of nitrogens with zero attached hydrogens (tertiary/aromatic N) is 1. The molecule has 2 nitrogen and oxygen atoms in total. The van der Waals surface area contributed by atoms with Gasteiger partial charge in [-0.1, -0.05) is 37.1 Å². The van der Waals surface area contributed by atoms with Crippen LogP contribution < -0.4 is 5.32 Å². The van der Waals surface area contributed by atoms with E-state index >= 15 is 0 Å². The molecule has 0 saturated heterocycles. The van der Waals surface area contributed by atoms with Crippen LogP contribution in [0, 0.1) is 5.92 Å². The summed E-state index contributed by atoms with van der Waals surface area (Å²) in [5.41, 5.74) is 4.38. The Balaban J connectivity index is 1.73. The lowest BCUT2D eigenvalue weighted by molar-refractivity contribution is 0.611. The molecule has 1 fully saturated rings. The Morgan fingerprint density at radius 3 is 2.90 bits per heavy atom. The molecule has 0 bridgehead atoms. The molecule has 0 radical (unpaired) electrons. The van der Waals surface area contributed by atoms with Gasteiger partial charge in [-0.15, -0.1) is 0 Å². The highest BCUT2D eigenvalue weighted by Crippen LogP contribution is 2.34. The van der Waals surface area contributed by atoms with Crippen LogP contribution in [0.25, 0.3) is 16.5 Å². The smallest absolute Gasteiger partial charge is 0.0486 e. The van der Waals surface area contributed by atoms with Crippen molar-refractivity contribution in [1.29, 1.82) is 0 Å². The third-order valence-electron chi connectivity index (χ3n) is 4.67. The number of benzene rings is 1. The van der Waals surface area contributed by atoms with Gasteiger partial charge in [0.05, 0.1) is 0 Å². The van der Waals surface area contributed by atoms with Crippen molar-refractivity contribution in [1.82, 2.24) is 9.88 Å². The van der Waals surface area contributed by atoms with Gasteiger partial charge in [0.15, 0.2) is 0 Å². The molecule has 104 valence electrons. The van der Waals surface area contributed by atoms with Crippen LogP contribution in [-0.4, -0.2) is 17.7 Å². The van der Waals surface area contributed by atoms with Gasteiger partial charge in [0.2, 0.25) is 0 Å². The second kappa shape index (κ2) is 5.10. The van der Waals surface area contributed by atoms with Gasteiger partial charge >= 0.3 is 0 Å². The zero-order valence-electron chi connectivity index (χ0n) is 11.9. The number of aromatic nitrogens is 1. The first-order valence-corrected chi connectivity index (χ1v) is 7.90. The van der Waals surface area contributed by atoms with E-state index in [2.05, 4.69) is 46.4 Å². The van der Waals surface area contributed by atoms with E-state index in [-0.39, 0.29) is 0 Å². The Bertz CT molecular complexity index is 646. The highest BCUT2D eigenvalue weighted by atomic mass is 15.0. The number of para-hydroxylation sites is 1. The Morgan fingerprint density at radius 1 is 1.20 bits per heavy atom. The molecule has 0 unspecified atom stereocenters. The van der Waals surface area contributed by atoms with E-state index in [1.54, 1.807) is 0 Å². The molecule has 1 saturated carbocycles. The van der Waals surface area contributed by atoms with Crippen molar-refractivity contribution >= 4 is 16.5 Å². The number of fused-ring (bicyclic) bond motifs is 1. The molecule has 1 aromatic carbocycles. The molecular formula is C18H22N2. The maximum absolute atomic E-state index is 3.40. The Hall–Kier alpha value is -1.54. The summed E-state index contributed by atoms with van der Waals surface area (Å²) >= 11 is 0. The minimum Gasteiger partial charge on any atom is -0.347 e. The lowest BCUT2D eigenvalue weighted by Crippen LogP contribution is -2.19. The van der Waals surface area contributed by atoms with E-state index in [1.807, 2.05) is 0 Å². The molecule has 2 heteroatoms. The van der Waals surface area contributed by atoms with E-state index in [0.29, 0.717) is 0 Å². The second-order valence-corrected chi connectivity index (χ2v) is 6.17. The fourth-order valence-corrected chi connectivity index (χ4v) is 3.28. The Morgan fingerprint density at radius 2 is 2.10 bits per heavy atom. The van der Waals surface area contributed by atoms with Gasteiger partial charge in [0, 0.05) is 35.8 Å². The average molecular weight is 266 g/mol. The van der Waals surface area contributed by atoms with Gasteiger partial charge in [-0.2, -0.15) is 0 Å². The summed E-state index contributed by atoms with van der Waals surface area (Å²) in [7, 11) is 0. The van der Waals surface area contributed by atoms with Crippen LogP contribution in [0.2, 0.25) is 0 Å². The van der Waals surface area contributed by atoms with Crippen molar-refractivity contribution in [3.05, 3.63) is 42.1 Å². The lowest BCUT2D eigenvalue weighted by atomic mass is 10.00. The summed E-state index contributed by atoms with van der Waals surface area (Å²) in [6.45, 7) is 3.29. The van der Waals surface area contributed by atoms with Crippen molar-refractivity contribution in [2.75, 3.05) is 13.1 Å². The van der Waals surface area contributed by atoms with Crippen molar-refractivity contribution < 1.29 is 0 Å². The molecule has 2 aliphatic rings. The molecule has 0 amide bonds. The maximum Gasteiger partial charge on any atom is 0.0486 e. The Kier molecular flexibility index (Phi) is 3.12. The monoisotopic (exact) mass is 266 g/mol. The van der Waals surface area contributed by atoms with Crippen molar-refractivity contribution in [3.63, 3.8) is 0 Å². The first-order valence-electron chi connectivity index (χ1n) is 7.90. The molecule has 1 aliphatic carbocycles. The number of hydrogen-bond acceptors (Lipinski definition) is 1. The van der Waals surface area contributed by atoms with Crippen LogP contribution in [0.15, 0.2) is 36.5 Å². The quantitative estimate of drug-likeness (QED) is 0.890. The summed E-state index contributed by atoms with van der Waals surface area (Å²) in [5, 5.41) is 4.83. The summed E-state index contributed by atoms with van der Waals surface area (Å²) in [4.78, 5) is 0. The van der Waals surface area contributed by atoms with Crippen molar-refractivity contribution in [3.8, 4) is 0 Å². The number of hydrogen-bond donors (Lipinski definition) is 1. The van der Waals surface area contributed by atoms with Gasteiger partial charge in [0.25, 0.3) is 0 Å². The first-order chi connectivity index (χ1) is 9.92. The fourth-order valence-electron chi connectivity index (χ4n) is 3.28. The van der Waals surface area contributed by atoms with Crippen LogP contribution in [0.5, 0.6) is 0 Å². The van der Waals surface area contributed by atoms with Gasteiger partial charge in [-0.25, -0.2) is 0 Å². The maximum atomic E-state index is 3.40. The first kappa shape index (κ1) is 12.2. The van der Waals surface area contributed by atoms with Crippen LogP contribution in [0.4, 0.5) is 0 Å². The lowest BCUT2D eigenvalue weighted by Gasteiger charge is -2.13. The third kappa shape index (κ3) is 2.29. The van der Waals surface area contributed by atoms with E-state index < -0.39 is 0 Å². The zero-order chi connectivity index (χ0) is 13.4. The molecule has 2 aromatic rings. The zero-order valence-corrected chi connectivity index (χ0v) is 11.9. The van der Waals surface area contributed by atoms with Gasteiger partial charge in [0.1, 0.15) is 0 Å². The third-order valence-corrected chi connectivity index (χ3v) is 4.67. The summed E-state index contributed by atoms with van der Waals surface area (Å²) in [5.74, 6) is 0.998. The van der Waals surface area contributed by atoms with Gasteiger partial charge < -0.3 is 9.88 Å². The number of aryl methyl sites for hydroxylation is 1.